The van der Waals surface area contributed by atoms with Gasteiger partial charge in [-0.2, -0.15) is 5.10 Å². The summed E-state index contributed by atoms with van der Waals surface area (Å²) in [6, 6.07) is 14.8. The number of benzene rings is 2. The normalized spacial score (nSPS) is 10.1. The van der Waals surface area contributed by atoms with E-state index >= 15 is 0 Å². The third kappa shape index (κ3) is 4.32. The summed E-state index contributed by atoms with van der Waals surface area (Å²) in [5, 5.41) is 8.38. The Kier molecular flexibility index (Phi) is 6.06. The number of hydrogen-bond acceptors (Lipinski definition) is 3. The highest BCUT2D eigenvalue weighted by Crippen LogP contribution is 2.15. The molecule has 0 aliphatic carbocycles. The molecule has 0 unspecified atom stereocenters. The molecule has 3 rings (SSSR count). The van der Waals surface area contributed by atoms with Crippen molar-refractivity contribution in [1.82, 2.24) is 9.78 Å². The SMILES string of the molecule is CC.Cc1ccc(NC(=O)Cc2nn(C)c(=O)c3ccccc23)cc1.[HH]. The van der Waals surface area contributed by atoms with Crippen molar-refractivity contribution < 1.29 is 6.22 Å². The van der Waals surface area contributed by atoms with Gasteiger partial charge in [0.1, 0.15) is 0 Å². The Morgan fingerprint density at radius 3 is 2.32 bits per heavy atom. The quantitative estimate of drug-likeness (QED) is 0.791. The Hall–Kier alpha value is -2.95. The van der Waals surface area contributed by atoms with Crippen molar-refractivity contribution in [2.45, 2.75) is 27.2 Å². The zero-order chi connectivity index (χ0) is 18.4. The molecule has 0 atom stereocenters. The average molecular weight is 339 g/mol. The Labute approximate surface area is 148 Å². The first-order chi connectivity index (χ1) is 12.0. The zero-order valence-corrected chi connectivity index (χ0v) is 15.0. The van der Waals surface area contributed by atoms with E-state index in [9.17, 15) is 9.59 Å². The second-order valence-electron chi connectivity index (χ2n) is 5.51. The van der Waals surface area contributed by atoms with Gasteiger partial charge >= 0.3 is 0 Å². The summed E-state index contributed by atoms with van der Waals surface area (Å²) in [7, 11) is 1.59. The molecule has 2 aromatic carbocycles. The van der Waals surface area contributed by atoms with Crippen molar-refractivity contribution in [3.8, 4) is 0 Å². The molecule has 0 spiro atoms. The van der Waals surface area contributed by atoms with Gasteiger partial charge in [0.2, 0.25) is 5.91 Å². The summed E-state index contributed by atoms with van der Waals surface area (Å²) < 4.78 is 1.27. The minimum atomic E-state index is -0.164. The molecule has 5 heteroatoms. The highest BCUT2D eigenvalue weighted by Gasteiger charge is 2.12. The fourth-order valence-corrected chi connectivity index (χ4v) is 2.50. The molecule has 5 nitrogen and oxygen atoms in total. The first kappa shape index (κ1) is 18.4. The summed E-state index contributed by atoms with van der Waals surface area (Å²) >= 11 is 0. The summed E-state index contributed by atoms with van der Waals surface area (Å²) in [6.07, 6.45) is 0.114. The lowest BCUT2D eigenvalue weighted by Gasteiger charge is -2.09. The number of anilines is 1. The third-order valence-corrected chi connectivity index (χ3v) is 3.70. The molecule has 0 bridgehead atoms. The molecule has 1 N–H and O–H groups in total. The van der Waals surface area contributed by atoms with Crippen LogP contribution in [0.5, 0.6) is 0 Å². The van der Waals surface area contributed by atoms with Gasteiger partial charge < -0.3 is 5.32 Å². The highest BCUT2D eigenvalue weighted by molar-refractivity contribution is 5.95. The van der Waals surface area contributed by atoms with Crippen molar-refractivity contribution in [3.63, 3.8) is 0 Å². The fourth-order valence-electron chi connectivity index (χ4n) is 2.50. The van der Waals surface area contributed by atoms with Crippen LogP contribution in [0.1, 0.15) is 26.5 Å². The van der Waals surface area contributed by atoms with Crippen LogP contribution in [0.25, 0.3) is 10.8 Å². The van der Waals surface area contributed by atoms with Crippen molar-refractivity contribution in [1.29, 1.82) is 0 Å². The molecule has 0 radical (unpaired) electrons. The predicted molar refractivity (Wildman–Crippen MR) is 104 cm³/mol. The van der Waals surface area contributed by atoms with Crippen molar-refractivity contribution >= 4 is 22.4 Å². The number of hydrogen-bond donors (Lipinski definition) is 1. The smallest absolute Gasteiger partial charge is 0.274 e. The van der Waals surface area contributed by atoms with Gasteiger partial charge in [0.05, 0.1) is 17.5 Å². The van der Waals surface area contributed by atoms with E-state index in [1.54, 1.807) is 19.2 Å². The van der Waals surface area contributed by atoms with E-state index in [-0.39, 0.29) is 19.3 Å². The maximum absolute atomic E-state index is 12.3. The van der Waals surface area contributed by atoms with E-state index in [1.807, 2.05) is 57.2 Å². The van der Waals surface area contributed by atoms with Gasteiger partial charge in [-0.05, 0) is 25.1 Å². The minimum absolute atomic E-state index is 0. The molecule has 0 aliphatic rings. The van der Waals surface area contributed by atoms with Crippen LogP contribution in [0.15, 0.2) is 53.3 Å². The maximum atomic E-state index is 12.3. The molecule has 0 fully saturated rings. The largest absolute Gasteiger partial charge is 0.326 e. The lowest BCUT2D eigenvalue weighted by atomic mass is 10.1. The number of fused-ring (bicyclic) bond motifs is 1. The van der Waals surface area contributed by atoms with E-state index in [2.05, 4.69) is 10.4 Å². The number of aromatic nitrogens is 2. The Morgan fingerprint density at radius 1 is 1.08 bits per heavy atom. The monoisotopic (exact) mass is 339 g/mol. The predicted octanol–water partition coefficient (Wildman–Crippen LogP) is 3.70. The minimum Gasteiger partial charge on any atom is -0.326 e. The van der Waals surface area contributed by atoms with E-state index in [1.165, 1.54) is 4.68 Å². The van der Waals surface area contributed by atoms with E-state index in [0.717, 1.165) is 16.6 Å². The number of amides is 1. The zero-order valence-electron chi connectivity index (χ0n) is 15.0. The molecule has 0 saturated heterocycles. The molecule has 1 heterocycles. The average Bonchev–Trinajstić information content (AvgIpc) is 2.63. The summed E-state index contributed by atoms with van der Waals surface area (Å²) in [5.74, 6) is -0.162. The second-order valence-corrected chi connectivity index (χ2v) is 5.51. The molecular formula is C20H25N3O2. The summed E-state index contributed by atoms with van der Waals surface area (Å²) in [5.41, 5.74) is 2.30. The Balaban J connectivity index is 0.00000109. The van der Waals surface area contributed by atoms with Gasteiger partial charge in [-0.3, -0.25) is 9.59 Å². The molecule has 0 aliphatic heterocycles. The first-order valence-electron chi connectivity index (χ1n) is 8.36. The van der Waals surface area contributed by atoms with Gasteiger partial charge in [-0.1, -0.05) is 49.7 Å². The number of carbonyl (C=O) groups excluding carboxylic acids is 1. The van der Waals surface area contributed by atoms with E-state index in [0.29, 0.717) is 11.1 Å². The topological polar surface area (TPSA) is 64.0 Å². The van der Waals surface area contributed by atoms with E-state index < -0.39 is 0 Å². The van der Waals surface area contributed by atoms with Crippen LogP contribution in [0, 0.1) is 6.92 Å². The Morgan fingerprint density at radius 2 is 1.68 bits per heavy atom. The molecule has 132 valence electrons. The van der Waals surface area contributed by atoms with Gasteiger partial charge in [0.15, 0.2) is 0 Å². The number of nitrogens with zero attached hydrogens (tertiary/aromatic N) is 2. The van der Waals surface area contributed by atoms with Crippen LogP contribution in [-0.2, 0) is 18.3 Å². The van der Waals surface area contributed by atoms with E-state index in [4.69, 9.17) is 0 Å². The van der Waals surface area contributed by atoms with Crippen LogP contribution >= 0.6 is 0 Å². The number of aryl methyl sites for hydroxylation is 2. The van der Waals surface area contributed by atoms with Crippen LogP contribution in [0.4, 0.5) is 5.69 Å². The first-order valence-corrected chi connectivity index (χ1v) is 8.36. The fraction of sp³-hybridized carbons (Fsp3) is 0.250. The summed E-state index contributed by atoms with van der Waals surface area (Å²) in [6.45, 7) is 5.99. The lowest BCUT2D eigenvalue weighted by Crippen LogP contribution is -2.24. The highest BCUT2D eigenvalue weighted by atomic mass is 16.1. The van der Waals surface area contributed by atoms with Crippen LogP contribution < -0.4 is 10.9 Å². The van der Waals surface area contributed by atoms with Gasteiger partial charge in [-0.15, -0.1) is 0 Å². The van der Waals surface area contributed by atoms with Gasteiger partial charge in [0.25, 0.3) is 5.56 Å². The van der Waals surface area contributed by atoms with Crippen LogP contribution in [0.2, 0.25) is 0 Å². The summed E-state index contributed by atoms with van der Waals surface area (Å²) in [4.78, 5) is 24.4. The molecule has 1 aromatic heterocycles. The molecule has 3 aromatic rings. The van der Waals surface area contributed by atoms with Gasteiger partial charge in [0, 0.05) is 19.5 Å². The second kappa shape index (κ2) is 8.24. The van der Waals surface area contributed by atoms with Crippen molar-refractivity contribution in [3.05, 3.63) is 70.1 Å². The number of rotatable bonds is 3. The van der Waals surface area contributed by atoms with Crippen molar-refractivity contribution in [2.24, 2.45) is 7.05 Å². The number of nitrogens with one attached hydrogen (secondary N) is 1. The van der Waals surface area contributed by atoms with Crippen LogP contribution in [-0.4, -0.2) is 15.7 Å². The molecule has 25 heavy (non-hydrogen) atoms. The molecular weight excluding hydrogens is 314 g/mol. The Bertz CT molecular complexity index is 934. The standard InChI is InChI=1S/C18H17N3O2.C2H6.H2/c1-12-7-9-13(10-8-12)19-17(22)11-16-14-5-3-4-6-15(14)18(23)21(2)20-16;1-2;/h3-10H,11H2,1-2H3,(H,19,22);1-2H3;1H. The molecule has 0 saturated carbocycles. The molecule has 1 amide bonds. The lowest BCUT2D eigenvalue weighted by molar-refractivity contribution is -0.115. The maximum Gasteiger partial charge on any atom is 0.274 e. The number of carbonyl (C=O) groups is 1. The van der Waals surface area contributed by atoms with Crippen LogP contribution in [0.3, 0.4) is 0 Å². The van der Waals surface area contributed by atoms with Crippen molar-refractivity contribution in [2.75, 3.05) is 5.32 Å². The third-order valence-electron chi connectivity index (χ3n) is 3.70. The van der Waals surface area contributed by atoms with Gasteiger partial charge in [-0.25, -0.2) is 4.68 Å².